The van der Waals surface area contributed by atoms with E-state index in [1.807, 2.05) is 39.0 Å². The van der Waals surface area contributed by atoms with Gasteiger partial charge >= 0.3 is 0 Å². The van der Waals surface area contributed by atoms with Crippen molar-refractivity contribution in [1.82, 2.24) is 0 Å². The number of ether oxygens (including phenoxy) is 1. The predicted octanol–water partition coefficient (Wildman–Crippen LogP) is 2.02. The van der Waals surface area contributed by atoms with Gasteiger partial charge in [0.05, 0.1) is 6.61 Å². The zero-order valence-electron chi connectivity index (χ0n) is 10.2. The van der Waals surface area contributed by atoms with Gasteiger partial charge in [0.25, 0.3) is 0 Å². The molecule has 0 aromatic heterocycles. The van der Waals surface area contributed by atoms with Crippen molar-refractivity contribution in [1.29, 1.82) is 0 Å². The molecule has 0 aliphatic rings. The van der Waals surface area contributed by atoms with Gasteiger partial charge in [0, 0.05) is 24.1 Å². The molecule has 16 heavy (non-hydrogen) atoms. The van der Waals surface area contributed by atoms with Gasteiger partial charge in [-0.3, -0.25) is 0 Å². The van der Waals surface area contributed by atoms with Crippen LogP contribution in [0.3, 0.4) is 0 Å². The Labute approximate surface area is 97.2 Å². The molecule has 1 rings (SSSR count). The number of rotatable bonds is 5. The fraction of sp³-hybridized carbons (Fsp3) is 0.538. The lowest BCUT2D eigenvalue weighted by Gasteiger charge is -2.16. The highest BCUT2D eigenvalue weighted by Crippen LogP contribution is 2.25. The van der Waals surface area contributed by atoms with Gasteiger partial charge in [-0.05, 0) is 25.5 Å². The summed E-state index contributed by atoms with van der Waals surface area (Å²) in [7, 11) is 0. The van der Waals surface area contributed by atoms with Crippen molar-refractivity contribution in [3.05, 3.63) is 29.3 Å². The first-order valence-electron chi connectivity index (χ1n) is 5.64. The van der Waals surface area contributed by atoms with Crippen LogP contribution in [0, 0.1) is 12.8 Å². The highest BCUT2D eigenvalue weighted by molar-refractivity contribution is 5.38. The largest absolute Gasteiger partial charge is 0.493 e. The maximum atomic E-state index is 8.94. The van der Waals surface area contributed by atoms with E-state index < -0.39 is 0 Å². The van der Waals surface area contributed by atoms with Gasteiger partial charge < -0.3 is 15.6 Å². The first kappa shape index (κ1) is 13.0. The van der Waals surface area contributed by atoms with Crippen LogP contribution in [0.5, 0.6) is 5.75 Å². The Kier molecular flexibility index (Phi) is 4.77. The quantitative estimate of drug-likeness (QED) is 0.803. The molecule has 0 fully saturated rings. The van der Waals surface area contributed by atoms with Gasteiger partial charge in [0.1, 0.15) is 5.75 Å². The minimum Gasteiger partial charge on any atom is -0.493 e. The molecule has 3 nitrogen and oxygen atoms in total. The molecule has 0 saturated carbocycles. The van der Waals surface area contributed by atoms with Crippen molar-refractivity contribution >= 4 is 0 Å². The lowest BCUT2D eigenvalue weighted by Crippen LogP contribution is -2.14. The number of hydrogen-bond donors (Lipinski definition) is 2. The van der Waals surface area contributed by atoms with Crippen LogP contribution in [0.25, 0.3) is 0 Å². The zero-order valence-corrected chi connectivity index (χ0v) is 10.2. The summed E-state index contributed by atoms with van der Waals surface area (Å²) in [5, 5.41) is 8.94. The summed E-state index contributed by atoms with van der Waals surface area (Å²) in [6.07, 6.45) is 0. The average molecular weight is 223 g/mol. The summed E-state index contributed by atoms with van der Waals surface area (Å²) in [5.41, 5.74) is 8.03. The van der Waals surface area contributed by atoms with Crippen LogP contribution in [-0.4, -0.2) is 18.3 Å². The molecule has 2 unspecified atom stereocenters. The van der Waals surface area contributed by atoms with Crippen LogP contribution in [0.15, 0.2) is 18.2 Å². The second-order valence-corrected chi connectivity index (χ2v) is 4.43. The van der Waals surface area contributed by atoms with Gasteiger partial charge in [-0.25, -0.2) is 0 Å². The third kappa shape index (κ3) is 3.51. The van der Waals surface area contributed by atoms with Gasteiger partial charge in [-0.15, -0.1) is 0 Å². The summed E-state index contributed by atoms with van der Waals surface area (Å²) in [6.45, 7) is 6.56. The molecule has 0 aliphatic heterocycles. The average Bonchev–Trinajstić information content (AvgIpc) is 2.25. The van der Waals surface area contributed by atoms with E-state index in [2.05, 4.69) is 0 Å². The Bertz CT molecular complexity index is 337. The zero-order chi connectivity index (χ0) is 12.1. The van der Waals surface area contributed by atoms with Crippen LogP contribution in [0.1, 0.15) is 31.0 Å². The number of aryl methyl sites for hydroxylation is 1. The summed E-state index contributed by atoms with van der Waals surface area (Å²) in [5.74, 6) is 0.969. The number of aliphatic hydroxyl groups is 1. The molecule has 3 N–H and O–H groups in total. The Morgan fingerprint density at radius 1 is 1.38 bits per heavy atom. The molecule has 0 aliphatic carbocycles. The van der Waals surface area contributed by atoms with E-state index in [1.165, 1.54) is 0 Å². The van der Waals surface area contributed by atoms with E-state index >= 15 is 0 Å². The van der Waals surface area contributed by atoms with Crippen molar-refractivity contribution in [3.63, 3.8) is 0 Å². The molecule has 0 amide bonds. The molecule has 0 spiro atoms. The van der Waals surface area contributed by atoms with Gasteiger partial charge in [-0.2, -0.15) is 0 Å². The second kappa shape index (κ2) is 5.87. The van der Waals surface area contributed by atoms with Gasteiger partial charge in [0.15, 0.2) is 0 Å². The number of benzene rings is 1. The highest BCUT2D eigenvalue weighted by Gasteiger charge is 2.09. The van der Waals surface area contributed by atoms with E-state index in [0.29, 0.717) is 6.61 Å². The summed E-state index contributed by atoms with van der Waals surface area (Å²) in [4.78, 5) is 0. The van der Waals surface area contributed by atoms with Crippen LogP contribution in [0.2, 0.25) is 0 Å². The van der Waals surface area contributed by atoms with Crippen LogP contribution < -0.4 is 10.5 Å². The fourth-order valence-corrected chi connectivity index (χ4v) is 1.43. The predicted molar refractivity (Wildman–Crippen MR) is 65.5 cm³/mol. The molecule has 0 bridgehead atoms. The smallest absolute Gasteiger partial charge is 0.124 e. The van der Waals surface area contributed by atoms with Crippen LogP contribution in [-0.2, 0) is 0 Å². The number of aliphatic hydroxyl groups excluding tert-OH is 1. The molecule has 90 valence electrons. The lowest BCUT2D eigenvalue weighted by atomic mass is 10.1. The first-order chi connectivity index (χ1) is 7.54. The Balaban J connectivity index is 2.80. The SMILES string of the molecule is Cc1ccc(C(C)N)c(OCC(C)CO)c1. The van der Waals surface area contributed by atoms with Gasteiger partial charge in [-0.1, -0.05) is 19.1 Å². The lowest BCUT2D eigenvalue weighted by molar-refractivity contribution is 0.173. The number of nitrogens with two attached hydrogens (primary N) is 1. The van der Waals surface area contributed by atoms with Crippen LogP contribution in [0.4, 0.5) is 0 Å². The topological polar surface area (TPSA) is 55.5 Å². The number of hydrogen-bond acceptors (Lipinski definition) is 3. The normalized spacial score (nSPS) is 14.6. The maximum Gasteiger partial charge on any atom is 0.124 e. The summed E-state index contributed by atoms with van der Waals surface area (Å²) in [6, 6.07) is 5.97. The second-order valence-electron chi connectivity index (χ2n) is 4.43. The standard InChI is InChI=1S/C13H21NO2/c1-9-4-5-12(11(3)14)13(6-9)16-8-10(2)7-15/h4-6,10-11,15H,7-8,14H2,1-3H3. The van der Waals surface area contributed by atoms with Crippen molar-refractivity contribution in [2.24, 2.45) is 11.7 Å². The minimum atomic E-state index is -0.0416. The minimum absolute atomic E-state index is 0.0416. The third-order valence-electron chi connectivity index (χ3n) is 2.49. The van der Waals surface area contributed by atoms with Gasteiger partial charge in [0.2, 0.25) is 0 Å². The fourth-order valence-electron chi connectivity index (χ4n) is 1.43. The van der Waals surface area contributed by atoms with Crippen molar-refractivity contribution < 1.29 is 9.84 Å². The molecule has 0 radical (unpaired) electrons. The Hall–Kier alpha value is -1.06. The molecule has 2 atom stereocenters. The molecule has 0 saturated heterocycles. The van der Waals surface area contributed by atoms with E-state index in [4.69, 9.17) is 15.6 Å². The van der Waals surface area contributed by atoms with E-state index in [9.17, 15) is 0 Å². The Morgan fingerprint density at radius 2 is 2.06 bits per heavy atom. The molecular weight excluding hydrogens is 202 g/mol. The van der Waals surface area contributed by atoms with Crippen molar-refractivity contribution in [3.8, 4) is 5.75 Å². The van der Waals surface area contributed by atoms with E-state index in [0.717, 1.165) is 16.9 Å². The molecule has 1 aromatic rings. The summed E-state index contributed by atoms with van der Waals surface area (Å²) >= 11 is 0. The molecular formula is C13H21NO2. The van der Waals surface area contributed by atoms with E-state index in [-0.39, 0.29) is 18.6 Å². The molecule has 3 heteroatoms. The highest BCUT2D eigenvalue weighted by atomic mass is 16.5. The van der Waals surface area contributed by atoms with E-state index in [1.54, 1.807) is 0 Å². The maximum absolute atomic E-state index is 8.94. The molecule has 0 heterocycles. The molecule has 1 aromatic carbocycles. The van der Waals surface area contributed by atoms with Crippen LogP contribution >= 0.6 is 0 Å². The summed E-state index contributed by atoms with van der Waals surface area (Å²) < 4.78 is 5.69. The van der Waals surface area contributed by atoms with Crippen molar-refractivity contribution in [2.45, 2.75) is 26.8 Å². The monoisotopic (exact) mass is 223 g/mol. The Morgan fingerprint density at radius 3 is 2.62 bits per heavy atom. The third-order valence-corrected chi connectivity index (χ3v) is 2.49. The van der Waals surface area contributed by atoms with Crippen molar-refractivity contribution in [2.75, 3.05) is 13.2 Å². The first-order valence-corrected chi connectivity index (χ1v) is 5.64.